The van der Waals surface area contributed by atoms with Gasteiger partial charge in [-0.2, -0.15) is 0 Å². The van der Waals surface area contributed by atoms with Crippen LogP contribution in [-0.4, -0.2) is 53.6 Å². The number of nitrogens with zero attached hydrogens (tertiary/aromatic N) is 2. The van der Waals surface area contributed by atoms with Gasteiger partial charge in [0.05, 0.1) is 13.1 Å². The van der Waals surface area contributed by atoms with Crippen molar-refractivity contribution in [2.45, 2.75) is 20.8 Å². The molecule has 0 spiro atoms. The van der Waals surface area contributed by atoms with Crippen molar-refractivity contribution in [2.24, 2.45) is 5.92 Å². The first-order valence-corrected chi connectivity index (χ1v) is 5.54. The highest BCUT2D eigenvalue weighted by Gasteiger charge is 2.30. The third-order valence-corrected chi connectivity index (χ3v) is 2.73. The standard InChI is InChI=1S/C11H18N2O3/c1-4-12-6-11(16)13(7-10(12)15)5-9(14)8(2)3/h8H,4-7H2,1-3H3. The van der Waals surface area contributed by atoms with E-state index in [0.29, 0.717) is 6.54 Å². The largest absolute Gasteiger partial charge is 0.332 e. The van der Waals surface area contributed by atoms with Gasteiger partial charge in [-0.25, -0.2) is 0 Å². The molecule has 1 heterocycles. The first kappa shape index (κ1) is 12.7. The van der Waals surface area contributed by atoms with Crippen LogP contribution in [0.4, 0.5) is 0 Å². The minimum absolute atomic E-state index is 0.00824. The molecular formula is C11H18N2O3. The zero-order chi connectivity index (χ0) is 12.3. The van der Waals surface area contributed by atoms with Crippen molar-refractivity contribution in [3.63, 3.8) is 0 Å². The summed E-state index contributed by atoms with van der Waals surface area (Å²) < 4.78 is 0. The van der Waals surface area contributed by atoms with E-state index >= 15 is 0 Å². The number of rotatable bonds is 4. The van der Waals surface area contributed by atoms with E-state index in [4.69, 9.17) is 0 Å². The van der Waals surface area contributed by atoms with Crippen LogP contribution < -0.4 is 0 Å². The van der Waals surface area contributed by atoms with E-state index in [2.05, 4.69) is 0 Å². The van der Waals surface area contributed by atoms with Crippen LogP contribution in [0.1, 0.15) is 20.8 Å². The van der Waals surface area contributed by atoms with Gasteiger partial charge in [0.15, 0.2) is 5.78 Å². The van der Waals surface area contributed by atoms with Gasteiger partial charge in [-0.15, -0.1) is 0 Å². The number of hydrogen-bond acceptors (Lipinski definition) is 3. The van der Waals surface area contributed by atoms with Gasteiger partial charge in [0.2, 0.25) is 11.8 Å². The molecular weight excluding hydrogens is 208 g/mol. The molecule has 0 aliphatic carbocycles. The van der Waals surface area contributed by atoms with E-state index < -0.39 is 0 Å². The molecule has 1 aliphatic heterocycles. The second-order valence-electron chi connectivity index (χ2n) is 4.28. The number of carbonyl (C=O) groups is 3. The lowest BCUT2D eigenvalue weighted by molar-refractivity contribution is -0.151. The Balaban J connectivity index is 2.60. The van der Waals surface area contributed by atoms with Crippen molar-refractivity contribution in [1.29, 1.82) is 0 Å². The predicted octanol–water partition coefficient (Wildman–Crippen LogP) is -0.0978. The molecule has 0 bridgehead atoms. The molecule has 16 heavy (non-hydrogen) atoms. The fourth-order valence-corrected chi connectivity index (χ4v) is 1.51. The smallest absolute Gasteiger partial charge is 0.243 e. The summed E-state index contributed by atoms with van der Waals surface area (Å²) in [6.45, 7) is 6.14. The SMILES string of the molecule is CCN1CC(=O)N(CC(=O)C(C)C)CC1=O. The summed E-state index contributed by atoms with van der Waals surface area (Å²) in [5, 5.41) is 0. The van der Waals surface area contributed by atoms with E-state index in [1.54, 1.807) is 13.8 Å². The van der Waals surface area contributed by atoms with Crippen LogP contribution in [0.5, 0.6) is 0 Å². The molecule has 90 valence electrons. The highest BCUT2D eigenvalue weighted by atomic mass is 16.2. The van der Waals surface area contributed by atoms with Crippen molar-refractivity contribution < 1.29 is 14.4 Å². The van der Waals surface area contributed by atoms with Gasteiger partial charge in [-0.3, -0.25) is 14.4 Å². The Morgan fingerprint density at radius 3 is 2.19 bits per heavy atom. The molecule has 0 unspecified atom stereocenters. The number of ketones is 1. The van der Waals surface area contributed by atoms with Crippen molar-refractivity contribution >= 4 is 17.6 Å². The highest BCUT2D eigenvalue weighted by Crippen LogP contribution is 2.06. The van der Waals surface area contributed by atoms with E-state index in [-0.39, 0.29) is 43.1 Å². The van der Waals surface area contributed by atoms with Crippen molar-refractivity contribution in [3.8, 4) is 0 Å². The molecule has 5 heteroatoms. The van der Waals surface area contributed by atoms with Crippen LogP contribution in [0.3, 0.4) is 0 Å². The Labute approximate surface area is 95.4 Å². The van der Waals surface area contributed by atoms with Crippen LogP contribution in [0, 0.1) is 5.92 Å². The lowest BCUT2D eigenvalue weighted by Crippen LogP contribution is -2.54. The average molecular weight is 226 g/mol. The average Bonchev–Trinajstić information content (AvgIpc) is 2.22. The van der Waals surface area contributed by atoms with Crippen molar-refractivity contribution in [2.75, 3.05) is 26.2 Å². The van der Waals surface area contributed by atoms with Gasteiger partial charge in [-0.1, -0.05) is 13.8 Å². The van der Waals surface area contributed by atoms with Gasteiger partial charge < -0.3 is 9.80 Å². The Morgan fingerprint density at radius 2 is 1.69 bits per heavy atom. The number of hydrogen-bond donors (Lipinski definition) is 0. The molecule has 0 aromatic heterocycles. The second kappa shape index (κ2) is 5.09. The van der Waals surface area contributed by atoms with Gasteiger partial charge >= 0.3 is 0 Å². The lowest BCUT2D eigenvalue weighted by atomic mass is 10.1. The minimum Gasteiger partial charge on any atom is -0.332 e. The Hall–Kier alpha value is -1.39. The lowest BCUT2D eigenvalue weighted by Gasteiger charge is -2.33. The van der Waals surface area contributed by atoms with Crippen molar-refractivity contribution in [1.82, 2.24) is 9.80 Å². The summed E-state index contributed by atoms with van der Waals surface area (Å²) in [4.78, 5) is 37.5. The third-order valence-electron chi connectivity index (χ3n) is 2.73. The molecule has 0 aromatic rings. The van der Waals surface area contributed by atoms with Gasteiger partial charge in [0, 0.05) is 12.5 Å². The molecule has 1 saturated heterocycles. The van der Waals surface area contributed by atoms with E-state index in [1.165, 1.54) is 9.80 Å². The second-order valence-corrected chi connectivity index (χ2v) is 4.28. The fraction of sp³-hybridized carbons (Fsp3) is 0.727. The summed E-state index contributed by atoms with van der Waals surface area (Å²) in [6, 6.07) is 0. The van der Waals surface area contributed by atoms with Gasteiger partial charge in [0.1, 0.15) is 6.54 Å². The van der Waals surface area contributed by atoms with Crippen LogP contribution in [0.2, 0.25) is 0 Å². The number of amides is 2. The number of Topliss-reactive ketones (excluding diaryl/α,β-unsaturated/α-hetero) is 1. The molecule has 0 saturated carbocycles. The first-order chi connectivity index (χ1) is 7.45. The van der Waals surface area contributed by atoms with Crippen LogP contribution >= 0.6 is 0 Å². The molecule has 1 fully saturated rings. The van der Waals surface area contributed by atoms with Crippen LogP contribution in [-0.2, 0) is 14.4 Å². The molecule has 0 N–H and O–H groups in total. The van der Waals surface area contributed by atoms with E-state index in [0.717, 1.165) is 0 Å². The summed E-state index contributed by atoms with van der Waals surface area (Å²) >= 11 is 0. The van der Waals surface area contributed by atoms with Crippen LogP contribution in [0.15, 0.2) is 0 Å². The topological polar surface area (TPSA) is 57.7 Å². The quantitative estimate of drug-likeness (QED) is 0.672. The summed E-state index contributed by atoms with van der Waals surface area (Å²) in [6.07, 6.45) is 0. The van der Waals surface area contributed by atoms with Crippen molar-refractivity contribution in [3.05, 3.63) is 0 Å². The zero-order valence-electron chi connectivity index (χ0n) is 10.0. The number of likely N-dealkylation sites (N-methyl/N-ethyl adjacent to an activating group) is 1. The fourth-order valence-electron chi connectivity index (χ4n) is 1.51. The first-order valence-electron chi connectivity index (χ1n) is 5.54. The highest BCUT2D eigenvalue weighted by molar-refractivity contribution is 5.95. The number of carbonyl (C=O) groups excluding carboxylic acids is 3. The Morgan fingerprint density at radius 1 is 1.19 bits per heavy atom. The van der Waals surface area contributed by atoms with E-state index in [1.807, 2.05) is 6.92 Å². The molecule has 5 nitrogen and oxygen atoms in total. The molecule has 0 atom stereocenters. The monoisotopic (exact) mass is 226 g/mol. The summed E-state index contributed by atoms with van der Waals surface area (Å²) in [7, 11) is 0. The maximum atomic E-state index is 11.6. The number of piperazine rings is 1. The van der Waals surface area contributed by atoms with E-state index in [9.17, 15) is 14.4 Å². The van der Waals surface area contributed by atoms with Gasteiger partial charge in [0.25, 0.3) is 0 Å². The third kappa shape index (κ3) is 2.81. The maximum Gasteiger partial charge on any atom is 0.243 e. The molecule has 0 radical (unpaired) electrons. The normalized spacial score (nSPS) is 17.2. The molecule has 2 amide bonds. The molecule has 1 rings (SSSR count). The van der Waals surface area contributed by atoms with Gasteiger partial charge in [-0.05, 0) is 6.92 Å². The van der Waals surface area contributed by atoms with Crippen LogP contribution in [0.25, 0.3) is 0 Å². The maximum absolute atomic E-state index is 11.6. The predicted molar refractivity (Wildman–Crippen MR) is 58.7 cm³/mol. The Kier molecular flexibility index (Phi) is 4.04. The summed E-state index contributed by atoms with van der Waals surface area (Å²) in [5.41, 5.74) is 0. The summed E-state index contributed by atoms with van der Waals surface area (Å²) in [5.74, 6) is -0.340. The Bertz CT molecular complexity index is 312. The minimum atomic E-state index is -0.143. The molecule has 0 aromatic carbocycles. The zero-order valence-corrected chi connectivity index (χ0v) is 10.0. The molecule has 1 aliphatic rings.